The van der Waals surface area contributed by atoms with Gasteiger partial charge < -0.3 is 37.9 Å². The van der Waals surface area contributed by atoms with E-state index < -0.39 is 6.15 Å². The van der Waals surface area contributed by atoms with Gasteiger partial charge in [0.15, 0.2) is 0 Å². The summed E-state index contributed by atoms with van der Waals surface area (Å²) in [7, 11) is 0. The number of hydrogen-bond acceptors (Lipinski definition) is 3. The summed E-state index contributed by atoms with van der Waals surface area (Å²) in [5.74, 6) is 2.50. The fourth-order valence-corrected chi connectivity index (χ4v) is 6.93. The Hall–Kier alpha value is -2.27. The smallest absolute Gasteiger partial charge is 0.108 e. The fraction of sp³-hybridized carbons (Fsp3) is 0.320. The molecule has 0 nitrogen and oxygen atoms in total. The summed E-state index contributed by atoms with van der Waals surface area (Å²) in [6.07, 6.45) is -1.22. The molecule has 0 aliphatic carbocycles. The third-order valence-corrected chi connectivity index (χ3v) is 10.8. The molecule has 0 unspecified atom stereocenters. The van der Waals surface area contributed by atoms with Gasteiger partial charge in [0, 0.05) is 34.1 Å². The minimum atomic E-state index is -1.22. The van der Waals surface area contributed by atoms with Gasteiger partial charge in [-0.25, -0.2) is 0 Å². The van der Waals surface area contributed by atoms with Crippen molar-refractivity contribution >= 4 is 65.9 Å². The van der Waals surface area contributed by atoms with E-state index in [0.717, 1.165) is 17.3 Å². The average molecular weight is 885 g/mol. The molecule has 0 aliphatic rings. The van der Waals surface area contributed by atoms with E-state index in [9.17, 15) is 0 Å². The van der Waals surface area contributed by atoms with Gasteiger partial charge in [0.25, 0.3) is 0 Å². The summed E-state index contributed by atoms with van der Waals surface area (Å²) in [4.78, 5) is 0. The van der Waals surface area contributed by atoms with Crippen LogP contribution in [0.25, 0.3) is 0 Å². The molecule has 0 N–H and O–H groups in total. The van der Waals surface area contributed by atoms with Gasteiger partial charge in [-0.05, 0) is 0 Å². The van der Waals surface area contributed by atoms with E-state index >= 15 is 0 Å². The molecule has 0 amide bonds. The van der Waals surface area contributed by atoms with Gasteiger partial charge in [-0.3, -0.25) is 0 Å². The molecule has 0 radical (unpaired) electrons. The molecule has 0 fully saturated rings. The van der Waals surface area contributed by atoms with Gasteiger partial charge in [-0.1, -0.05) is 211 Å². The quantitative estimate of drug-likeness (QED) is 0.0984. The van der Waals surface area contributed by atoms with E-state index in [1.165, 1.54) is 77.5 Å². The van der Waals surface area contributed by atoms with Crippen LogP contribution in [0.4, 0.5) is 0 Å². The van der Waals surface area contributed by atoms with Crippen molar-refractivity contribution in [3.63, 3.8) is 0 Å². The zero-order chi connectivity index (χ0) is 40.8. The SMILES string of the molecule is CC[S-].CC[S-].CC[S-].Cc1c(C)c(C)[c-](C)c1C.Cc1c(C)c(C)[c-](C)c1C.[Fe].[Fe].c1ccc([B-](c2ccccc2)(c2ccccc2)c2ccccc2)cc1. The second-order valence-electron chi connectivity index (χ2n) is 13.6. The Labute approximate surface area is 381 Å². The molecule has 56 heavy (non-hydrogen) atoms. The summed E-state index contributed by atoms with van der Waals surface area (Å²) in [5, 5.41) is 0. The van der Waals surface area contributed by atoms with Crippen molar-refractivity contribution in [2.45, 2.75) is 90.0 Å². The van der Waals surface area contributed by atoms with Crippen molar-refractivity contribution in [1.29, 1.82) is 0 Å². The largest absolute Gasteiger partial charge is 0.793 e. The Balaban J connectivity index is 0. The van der Waals surface area contributed by atoms with Gasteiger partial charge in [0.2, 0.25) is 0 Å². The van der Waals surface area contributed by atoms with Gasteiger partial charge in [0.1, 0.15) is 6.15 Å². The molecule has 6 rings (SSSR count). The summed E-state index contributed by atoms with van der Waals surface area (Å²) in [6.45, 7) is 27.8. The monoisotopic (exact) mass is 884 g/mol. The van der Waals surface area contributed by atoms with E-state index in [2.05, 4.69) is 228 Å². The van der Waals surface area contributed by atoms with Crippen molar-refractivity contribution in [1.82, 2.24) is 0 Å². The van der Waals surface area contributed by atoms with Crippen LogP contribution in [0.2, 0.25) is 0 Å². The Bertz CT molecular complexity index is 1500. The standard InChI is InChI=1S/C24H20B.2C10H15.3C2H6S.2Fe/c1-5-13-21(14-6-1)25(22-15-7-2-8-16-22,23-17-9-3-10-18-23)24-19-11-4-12-20-24;2*1-6-7(2)9(4)10(5)8(6)3;3*1-2-3;;/h1-20H;2*1-5H3;3*3H,2H2,1H3;;/q3*-1;;;;;/p-3. The second kappa shape index (κ2) is 29.9. The van der Waals surface area contributed by atoms with Crippen LogP contribution >= 0.6 is 0 Å². The maximum atomic E-state index is 4.39. The molecular weight excluding hydrogens is 819 g/mol. The van der Waals surface area contributed by atoms with Crippen LogP contribution in [0.15, 0.2) is 121 Å². The molecule has 0 saturated heterocycles. The minimum Gasteiger partial charge on any atom is -0.793 e. The molecule has 0 heterocycles. The first kappa shape index (κ1) is 55.8. The Kier molecular flexibility index (Phi) is 29.8. The third kappa shape index (κ3) is 15.2. The van der Waals surface area contributed by atoms with Crippen molar-refractivity contribution in [2.75, 3.05) is 17.3 Å². The van der Waals surface area contributed by atoms with Crippen LogP contribution < -0.4 is 21.9 Å². The van der Waals surface area contributed by atoms with Crippen molar-refractivity contribution < 1.29 is 34.1 Å². The first-order valence-electron chi connectivity index (χ1n) is 19.3. The molecule has 0 spiro atoms. The van der Waals surface area contributed by atoms with E-state index in [0.29, 0.717) is 0 Å². The summed E-state index contributed by atoms with van der Waals surface area (Å²) in [6, 6.07) is 43.5. The number of rotatable bonds is 4. The Morgan fingerprint density at radius 3 is 0.607 bits per heavy atom. The number of benzene rings is 4. The summed E-state index contributed by atoms with van der Waals surface area (Å²) in [5.41, 5.74) is 20.0. The van der Waals surface area contributed by atoms with Gasteiger partial charge in [0.05, 0.1) is 0 Å². The molecule has 6 aromatic rings. The molecule has 308 valence electrons. The summed E-state index contributed by atoms with van der Waals surface area (Å²) >= 11 is 13.2. The Morgan fingerprint density at radius 2 is 0.500 bits per heavy atom. The molecule has 0 aliphatic heterocycles. The molecule has 0 atom stereocenters. The van der Waals surface area contributed by atoms with E-state index in [1.807, 2.05) is 20.8 Å². The van der Waals surface area contributed by atoms with Crippen LogP contribution in [0.3, 0.4) is 0 Å². The summed E-state index contributed by atoms with van der Waals surface area (Å²) < 4.78 is 0. The van der Waals surface area contributed by atoms with Gasteiger partial charge >= 0.3 is 0 Å². The zero-order valence-corrected chi connectivity index (χ0v) is 40.8. The Morgan fingerprint density at radius 1 is 0.357 bits per heavy atom. The molecule has 0 bridgehead atoms. The first-order valence-corrected chi connectivity index (χ1v) is 21.0. The van der Waals surface area contributed by atoms with E-state index in [4.69, 9.17) is 0 Å². The normalized spacial score (nSPS) is 9.71. The van der Waals surface area contributed by atoms with Gasteiger partial charge in [-0.15, -0.1) is 0 Å². The van der Waals surface area contributed by atoms with Crippen LogP contribution in [0, 0.1) is 69.2 Å². The third-order valence-electron chi connectivity index (χ3n) is 10.8. The van der Waals surface area contributed by atoms with Crippen LogP contribution in [-0.2, 0) is 72.0 Å². The molecule has 0 aromatic heterocycles. The van der Waals surface area contributed by atoms with Crippen LogP contribution in [0.5, 0.6) is 0 Å². The van der Waals surface area contributed by atoms with E-state index in [-0.39, 0.29) is 34.1 Å². The van der Waals surface area contributed by atoms with Crippen molar-refractivity contribution in [2.24, 2.45) is 0 Å². The predicted octanol–water partition coefficient (Wildman–Crippen LogP) is 10.6. The molecular formula is C50H65BFe2S3-6. The van der Waals surface area contributed by atoms with Crippen molar-refractivity contribution in [3.05, 3.63) is 177 Å². The van der Waals surface area contributed by atoms with Crippen LogP contribution in [0.1, 0.15) is 76.4 Å². The average Bonchev–Trinajstić information content (AvgIpc) is 3.47. The maximum Gasteiger partial charge on any atom is 0.108 e. The first-order chi connectivity index (χ1) is 25.8. The maximum absolute atomic E-state index is 4.39. The fourth-order valence-electron chi connectivity index (χ4n) is 6.93. The number of hydrogen-bond donors (Lipinski definition) is 0. The predicted molar refractivity (Wildman–Crippen MR) is 255 cm³/mol. The van der Waals surface area contributed by atoms with Crippen LogP contribution in [-0.4, -0.2) is 23.4 Å². The molecule has 0 saturated carbocycles. The van der Waals surface area contributed by atoms with E-state index in [1.54, 1.807) is 0 Å². The van der Waals surface area contributed by atoms with Crippen molar-refractivity contribution in [3.8, 4) is 0 Å². The molecule has 6 aromatic carbocycles. The minimum absolute atomic E-state index is 0. The molecule has 6 heteroatoms. The van der Waals surface area contributed by atoms with Gasteiger partial charge in [-0.2, -0.15) is 94.7 Å². The topological polar surface area (TPSA) is 0 Å². The zero-order valence-electron chi connectivity index (χ0n) is 36.2. The second-order valence-corrected chi connectivity index (χ2v) is 15.4.